The van der Waals surface area contributed by atoms with Crippen LogP contribution in [0.2, 0.25) is 0 Å². The number of benzene rings is 2. The summed E-state index contributed by atoms with van der Waals surface area (Å²) in [7, 11) is 1.56. The molecule has 4 rings (SSSR count). The highest BCUT2D eigenvalue weighted by atomic mass is 16.5. The summed E-state index contributed by atoms with van der Waals surface area (Å²) in [5, 5.41) is 10.6. The van der Waals surface area contributed by atoms with E-state index in [4.69, 9.17) is 14.2 Å². The third-order valence-electron chi connectivity index (χ3n) is 5.94. The summed E-state index contributed by atoms with van der Waals surface area (Å²) in [5.74, 6) is 0.951. The Kier molecular flexibility index (Phi) is 6.75. The highest BCUT2D eigenvalue weighted by Crippen LogP contribution is 2.37. The molecule has 2 atom stereocenters. The summed E-state index contributed by atoms with van der Waals surface area (Å²) in [6, 6.07) is 13.9. The largest absolute Gasteiger partial charge is 0.493 e. The van der Waals surface area contributed by atoms with E-state index in [9.17, 15) is 9.90 Å². The zero-order valence-electron chi connectivity index (χ0n) is 18.1. The molecule has 2 aliphatic heterocycles. The van der Waals surface area contributed by atoms with Gasteiger partial charge in [0.05, 0.1) is 13.7 Å². The van der Waals surface area contributed by atoms with Gasteiger partial charge in [0.2, 0.25) is 0 Å². The fourth-order valence-corrected chi connectivity index (χ4v) is 4.16. The molecule has 2 heterocycles. The van der Waals surface area contributed by atoms with Crippen molar-refractivity contribution in [1.29, 1.82) is 0 Å². The molecule has 2 aromatic rings. The van der Waals surface area contributed by atoms with E-state index in [1.165, 1.54) is 5.69 Å². The number of hydrogen-bond acceptors (Lipinski definition) is 7. The van der Waals surface area contributed by atoms with Gasteiger partial charge >= 0.3 is 0 Å². The van der Waals surface area contributed by atoms with Crippen LogP contribution >= 0.6 is 0 Å². The van der Waals surface area contributed by atoms with Crippen molar-refractivity contribution in [3.63, 3.8) is 0 Å². The number of ketones is 1. The third-order valence-corrected chi connectivity index (χ3v) is 5.94. The number of anilines is 1. The van der Waals surface area contributed by atoms with Crippen molar-refractivity contribution in [3.05, 3.63) is 53.6 Å². The van der Waals surface area contributed by atoms with Gasteiger partial charge in [-0.3, -0.25) is 9.69 Å². The van der Waals surface area contributed by atoms with Crippen molar-refractivity contribution in [2.24, 2.45) is 0 Å². The van der Waals surface area contributed by atoms with Gasteiger partial charge in [-0.2, -0.15) is 0 Å². The van der Waals surface area contributed by atoms with Crippen LogP contribution in [0.15, 0.2) is 42.5 Å². The average Bonchev–Trinajstić information content (AvgIpc) is 2.81. The first kappa shape index (κ1) is 21.6. The molecular weight excluding hydrogens is 396 g/mol. The minimum Gasteiger partial charge on any atom is -0.493 e. The lowest BCUT2D eigenvalue weighted by Crippen LogP contribution is -2.49. The zero-order valence-corrected chi connectivity index (χ0v) is 18.1. The van der Waals surface area contributed by atoms with Crippen molar-refractivity contribution in [2.75, 3.05) is 51.3 Å². The molecule has 0 saturated carbocycles. The van der Waals surface area contributed by atoms with Gasteiger partial charge in [0.15, 0.2) is 17.3 Å². The highest BCUT2D eigenvalue weighted by molar-refractivity contribution is 6.02. The maximum absolute atomic E-state index is 12.4. The van der Waals surface area contributed by atoms with E-state index < -0.39 is 12.2 Å². The normalized spacial score (nSPS) is 20.3. The Labute approximate surface area is 183 Å². The predicted molar refractivity (Wildman–Crippen MR) is 118 cm³/mol. The number of methoxy groups -OCH3 is 1. The summed E-state index contributed by atoms with van der Waals surface area (Å²) in [5.41, 5.74) is 2.52. The number of aliphatic hydroxyl groups is 1. The zero-order chi connectivity index (χ0) is 21.8. The van der Waals surface area contributed by atoms with Crippen LogP contribution < -0.4 is 14.4 Å². The second-order valence-electron chi connectivity index (χ2n) is 8.03. The van der Waals surface area contributed by atoms with Crippen LogP contribution in [0.4, 0.5) is 5.69 Å². The number of rotatable bonds is 7. The summed E-state index contributed by atoms with van der Waals surface area (Å²) in [4.78, 5) is 17.0. The summed E-state index contributed by atoms with van der Waals surface area (Å²) in [6.07, 6.45) is -1.11. The molecule has 166 valence electrons. The number of aliphatic hydroxyl groups excluding tert-OH is 1. The Morgan fingerprint density at radius 3 is 2.58 bits per heavy atom. The van der Waals surface area contributed by atoms with Crippen LogP contribution in [0.1, 0.15) is 22.8 Å². The van der Waals surface area contributed by atoms with Crippen LogP contribution in [0.3, 0.4) is 0 Å². The third kappa shape index (κ3) is 4.84. The molecule has 2 aromatic carbocycles. The van der Waals surface area contributed by atoms with Gasteiger partial charge < -0.3 is 24.2 Å². The maximum atomic E-state index is 12.4. The van der Waals surface area contributed by atoms with Crippen molar-refractivity contribution in [3.8, 4) is 11.5 Å². The SMILES string of the molecule is COc1ccc2c(c1OCC(O)CN1CCN(c3ccccc3)CC1)COC(C)C2=O. The van der Waals surface area contributed by atoms with Crippen LogP contribution in [-0.2, 0) is 11.3 Å². The van der Waals surface area contributed by atoms with Gasteiger partial charge in [0, 0.05) is 49.5 Å². The fourth-order valence-electron chi connectivity index (χ4n) is 4.16. The highest BCUT2D eigenvalue weighted by Gasteiger charge is 2.29. The van der Waals surface area contributed by atoms with Crippen LogP contribution in [0, 0.1) is 0 Å². The van der Waals surface area contributed by atoms with Crippen molar-refractivity contribution >= 4 is 11.5 Å². The van der Waals surface area contributed by atoms with Crippen molar-refractivity contribution < 1.29 is 24.1 Å². The Hall–Kier alpha value is -2.61. The minimum atomic E-state index is -0.650. The van der Waals surface area contributed by atoms with E-state index in [0.29, 0.717) is 29.2 Å². The van der Waals surface area contributed by atoms with E-state index in [2.05, 4.69) is 34.1 Å². The summed E-state index contributed by atoms with van der Waals surface area (Å²) < 4.78 is 17.0. The lowest BCUT2D eigenvalue weighted by molar-refractivity contribution is 0.0308. The number of carbonyl (C=O) groups is 1. The molecule has 0 aliphatic carbocycles. The molecule has 2 aliphatic rings. The van der Waals surface area contributed by atoms with E-state index >= 15 is 0 Å². The van der Waals surface area contributed by atoms with Crippen LogP contribution in [0.5, 0.6) is 11.5 Å². The second-order valence-corrected chi connectivity index (χ2v) is 8.03. The Morgan fingerprint density at radius 2 is 1.87 bits per heavy atom. The van der Waals surface area contributed by atoms with Crippen molar-refractivity contribution in [2.45, 2.75) is 25.7 Å². The fraction of sp³-hybridized carbons (Fsp3) is 0.458. The molecule has 2 unspecified atom stereocenters. The van der Waals surface area contributed by atoms with E-state index in [1.807, 2.05) is 6.07 Å². The first-order valence-electron chi connectivity index (χ1n) is 10.8. The lowest BCUT2D eigenvalue weighted by Gasteiger charge is -2.36. The van der Waals surface area contributed by atoms with Gasteiger partial charge in [-0.05, 0) is 31.2 Å². The van der Waals surface area contributed by atoms with Crippen LogP contribution in [-0.4, -0.2) is 74.4 Å². The Morgan fingerprint density at radius 1 is 1.13 bits per heavy atom. The molecular formula is C24H30N2O5. The molecule has 0 bridgehead atoms. The molecule has 1 saturated heterocycles. The van der Waals surface area contributed by atoms with Gasteiger partial charge in [-0.25, -0.2) is 0 Å². The smallest absolute Gasteiger partial charge is 0.191 e. The number of fused-ring (bicyclic) bond motifs is 1. The molecule has 1 N–H and O–H groups in total. The second kappa shape index (κ2) is 9.68. The number of Topliss-reactive ketones (excluding diaryl/α,β-unsaturated/α-hetero) is 1. The number of para-hydroxylation sites is 1. The monoisotopic (exact) mass is 426 g/mol. The standard InChI is InChI=1S/C24H30N2O5/c1-17-23(28)20-8-9-22(29-2)24(21(20)16-30-17)31-15-19(27)14-25-10-12-26(13-11-25)18-6-4-3-5-7-18/h3-9,17,19,27H,10-16H2,1-2H3. The predicted octanol–water partition coefficient (Wildman–Crippen LogP) is 2.36. The average molecular weight is 427 g/mol. The molecule has 7 nitrogen and oxygen atoms in total. The first-order valence-corrected chi connectivity index (χ1v) is 10.8. The molecule has 0 aromatic heterocycles. The first-order chi connectivity index (χ1) is 15.1. The molecule has 1 fully saturated rings. The number of carbonyl (C=O) groups excluding carboxylic acids is 1. The van der Waals surface area contributed by atoms with Gasteiger partial charge in [-0.1, -0.05) is 18.2 Å². The minimum absolute atomic E-state index is 0.0643. The van der Waals surface area contributed by atoms with Gasteiger partial charge in [-0.15, -0.1) is 0 Å². The quantitative estimate of drug-likeness (QED) is 0.729. The number of hydrogen-bond donors (Lipinski definition) is 1. The molecule has 7 heteroatoms. The number of nitrogens with zero attached hydrogens (tertiary/aromatic N) is 2. The maximum Gasteiger partial charge on any atom is 0.191 e. The number of β-amino-alcohol motifs (C(OH)–C–C–N with tert-alkyl or cyclic N) is 1. The van der Waals surface area contributed by atoms with Crippen LogP contribution in [0.25, 0.3) is 0 Å². The lowest BCUT2D eigenvalue weighted by atomic mass is 9.97. The molecule has 0 amide bonds. The molecule has 31 heavy (non-hydrogen) atoms. The van der Waals surface area contributed by atoms with E-state index in [1.54, 1.807) is 26.2 Å². The Balaban J connectivity index is 1.33. The van der Waals surface area contributed by atoms with Gasteiger partial charge in [0.1, 0.15) is 18.8 Å². The topological polar surface area (TPSA) is 71.5 Å². The molecule has 0 radical (unpaired) electrons. The number of piperazine rings is 1. The number of ether oxygens (including phenoxy) is 3. The van der Waals surface area contributed by atoms with E-state index in [-0.39, 0.29) is 19.0 Å². The summed E-state index contributed by atoms with van der Waals surface area (Å²) >= 11 is 0. The molecule has 0 spiro atoms. The Bertz CT molecular complexity index is 896. The van der Waals surface area contributed by atoms with E-state index in [0.717, 1.165) is 26.2 Å². The van der Waals surface area contributed by atoms with Crippen molar-refractivity contribution in [1.82, 2.24) is 4.90 Å². The van der Waals surface area contributed by atoms with Gasteiger partial charge in [0.25, 0.3) is 0 Å². The summed E-state index contributed by atoms with van der Waals surface area (Å²) in [6.45, 7) is 6.31.